The molecule has 0 spiro atoms. The van der Waals surface area contributed by atoms with Crippen molar-refractivity contribution in [3.8, 4) is 0 Å². The van der Waals surface area contributed by atoms with Gasteiger partial charge in [-0.2, -0.15) is 0 Å². The van der Waals surface area contributed by atoms with Gasteiger partial charge in [-0.3, -0.25) is 4.79 Å². The number of anilines is 2. The Kier molecular flexibility index (Phi) is 6.69. The van der Waals surface area contributed by atoms with E-state index >= 15 is 0 Å². The van der Waals surface area contributed by atoms with Crippen LogP contribution in [0.5, 0.6) is 0 Å². The van der Waals surface area contributed by atoms with Gasteiger partial charge in [-0.1, -0.05) is 60.6 Å². The lowest BCUT2D eigenvalue weighted by Crippen LogP contribution is -2.35. The third-order valence-electron chi connectivity index (χ3n) is 4.37. The van der Waals surface area contributed by atoms with Crippen molar-refractivity contribution < 1.29 is 4.79 Å². The van der Waals surface area contributed by atoms with Gasteiger partial charge in [0.15, 0.2) is 4.34 Å². The summed E-state index contributed by atoms with van der Waals surface area (Å²) in [6.45, 7) is 2.73. The normalized spacial score (nSPS) is 16.4. The minimum atomic E-state index is -0.166. The summed E-state index contributed by atoms with van der Waals surface area (Å²) in [5.74, 6) is 0.737. The molecule has 1 amide bonds. The first-order valence-electron chi connectivity index (χ1n) is 8.80. The average Bonchev–Trinajstić information content (AvgIpc) is 3.08. The van der Waals surface area contributed by atoms with Crippen LogP contribution in [0.1, 0.15) is 39.0 Å². The van der Waals surface area contributed by atoms with Gasteiger partial charge < -0.3 is 10.6 Å². The number of thioether (sulfide) groups is 1. The number of nitrogens with zero attached hydrogens (tertiary/aromatic N) is 2. The molecule has 1 aliphatic carbocycles. The zero-order valence-electron chi connectivity index (χ0n) is 14.4. The highest BCUT2D eigenvalue weighted by atomic mass is 32.2. The first-order chi connectivity index (χ1) is 12.2. The minimum Gasteiger partial charge on any atom is -0.355 e. The predicted octanol–water partition coefficient (Wildman–Crippen LogP) is 4.46. The Hall–Kier alpha value is -1.60. The Morgan fingerprint density at radius 2 is 2.00 bits per heavy atom. The average molecular weight is 377 g/mol. The summed E-state index contributed by atoms with van der Waals surface area (Å²) in [6.07, 6.45) is 6.42. The quantitative estimate of drug-likeness (QED) is 0.699. The van der Waals surface area contributed by atoms with Crippen LogP contribution in [-0.4, -0.2) is 27.9 Å². The van der Waals surface area contributed by atoms with Crippen molar-refractivity contribution in [2.45, 2.75) is 48.6 Å². The number of carbonyl (C=O) groups is 1. The lowest BCUT2D eigenvalue weighted by atomic mass is 9.89. The summed E-state index contributed by atoms with van der Waals surface area (Å²) in [5, 5.41) is 15.2. The third kappa shape index (κ3) is 5.71. The van der Waals surface area contributed by atoms with Crippen LogP contribution in [0.3, 0.4) is 0 Å². The molecule has 0 saturated heterocycles. The van der Waals surface area contributed by atoms with Gasteiger partial charge in [0, 0.05) is 12.2 Å². The van der Waals surface area contributed by atoms with Gasteiger partial charge in [0.05, 0.1) is 5.25 Å². The molecule has 1 saturated carbocycles. The largest absolute Gasteiger partial charge is 0.355 e. The van der Waals surface area contributed by atoms with Crippen molar-refractivity contribution in [1.82, 2.24) is 15.5 Å². The van der Waals surface area contributed by atoms with Gasteiger partial charge in [0.1, 0.15) is 0 Å². The monoisotopic (exact) mass is 376 g/mol. The second-order valence-electron chi connectivity index (χ2n) is 6.37. The van der Waals surface area contributed by atoms with Crippen LogP contribution >= 0.6 is 23.1 Å². The molecule has 2 aromatic rings. The molecule has 7 heteroatoms. The molecule has 5 nitrogen and oxygen atoms in total. The van der Waals surface area contributed by atoms with E-state index in [4.69, 9.17) is 0 Å². The van der Waals surface area contributed by atoms with Gasteiger partial charge in [-0.25, -0.2) is 0 Å². The van der Waals surface area contributed by atoms with E-state index in [-0.39, 0.29) is 11.2 Å². The van der Waals surface area contributed by atoms with Gasteiger partial charge in [0.2, 0.25) is 11.0 Å². The van der Waals surface area contributed by atoms with Crippen molar-refractivity contribution in [3.05, 3.63) is 30.3 Å². The highest BCUT2D eigenvalue weighted by molar-refractivity contribution is 8.02. The Morgan fingerprint density at radius 1 is 1.24 bits per heavy atom. The number of hydrogen-bond donors (Lipinski definition) is 2. The van der Waals surface area contributed by atoms with E-state index in [1.807, 2.05) is 37.3 Å². The number of nitrogens with one attached hydrogen (secondary N) is 2. The molecule has 1 atom stereocenters. The summed E-state index contributed by atoms with van der Waals surface area (Å²) in [4.78, 5) is 12.3. The minimum absolute atomic E-state index is 0.0864. The zero-order chi connectivity index (χ0) is 17.5. The number of hydrogen-bond acceptors (Lipinski definition) is 6. The lowest BCUT2D eigenvalue weighted by molar-refractivity contribution is -0.120. The predicted molar refractivity (Wildman–Crippen MR) is 105 cm³/mol. The third-order valence-corrected chi connectivity index (χ3v) is 6.39. The van der Waals surface area contributed by atoms with Gasteiger partial charge in [0.25, 0.3) is 0 Å². The number of amides is 1. The van der Waals surface area contributed by atoms with Crippen molar-refractivity contribution in [2.24, 2.45) is 5.92 Å². The molecule has 1 aromatic carbocycles. The molecule has 1 aromatic heterocycles. The number of carbonyl (C=O) groups excluding carboxylic acids is 1. The van der Waals surface area contributed by atoms with Crippen molar-refractivity contribution in [2.75, 3.05) is 11.9 Å². The zero-order valence-corrected chi connectivity index (χ0v) is 16.0. The van der Waals surface area contributed by atoms with Crippen molar-refractivity contribution >= 4 is 39.8 Å². The smallest absolute Gasteiger partial charge is 0.233 e. The molecule has 134 valence electrons. The van der Waals surface area contributed by atoms with E-state index in [2.05, 4.69) is 20.8 Å². The highest BCUT2D eigenvalue weighted by Gasteiger charge is 2.19. The number of rotatable bonds is 7. The Labute approximate surface area is 157 Å². The first-order valence-corrected chi connectivity index (χ1v) is 10.5. The summed E-state index contributed by atoms with van der Waals surface area (Å²) in [5.41, 5.74) is 0.980. The fraction of sp³-hybridized carbons (Fsp3) is 0.500. The molecule has 25 heavy (non-hydrogen) atoms. The van der Waals surface area contributed by atoms with E-state index in [1.165, 1.54) is 55.2 Å². The maximum Gasteiger partial charge on any atom is 0.233 e. The molecule has 3 rings (SSSR count). The highest BCUT2D eigenvalue weighted by Crippen LogP contribution is 2.30. The molecule has 0 aliphatic heterocycles. The fourth-order valence-electron chi connectivity index (χ4n) is 2.94. The summed E-state index contributed by atoms with van der Waals surface area (Å²) in [6, 6.07) is 9.88. The molecule has 1 heterocycles. The standard InChI is InChI=1S/C18H24N4OS2/c1-13(16(23)19-12-14-8-4-2-5-9-14)24-18-22-21-17(25-18)20-15-10-6-3-7-11-15/h3,6-7,10-11,13-14H,2,4-5,8-9,12H2,1H3,(H,19,23)(H,20,21). The van der Waals surface area contributed by atoms with E-state index < -0.39 is 0 Å². The van der Waals surface area contributed by atoms with Crippen LogP contribution in [0, 0.1) is 5.92 Å². The van der Waals surface area contributed by atoms with Crippen LogP contribution in [0.2, 0.25) is 0 Å². The van der Waals surface area contributed by atoms with Crippen molar-refractivity contribution in [3.63, 3.8) is 0 Å². The van der Waals surface area contributed by atoms with E-state index in [1.54, 1.807) is 0 Å². The summed E-state index contributed by atoms with van der Waals surface area (Å²) in [7, 11) is 0. The van der Waals surface area contributed by atoms with Gasteiger partial charge >= 0.3 is 0 Å². The Morgan fingerprint density at radius 3 is 2.76 bits per heavy atom. The van der Waals surface area contributed by atoms with Crippen LogP contribution < -0.4 is 10.6 Å². The summed E-state index contributed by atoms with van der Waals surface area (Å²) >= 11 is 2.93. The molecule has 0 bridgehead atoms. The van der Waals surface area contributed by atoms with E-state index in [0.29, 0.717) is 5.92 Å². The molecule has 2 N–H and O–H groups in total. The van der Waals surface area contributed by atoms with Crippen LogP contribution in [0.25, 0.3) is 0 Å². The molecule has 1 unspecified atom stereocenters. The lowest BCUT2D eigenvalue weighted by Gasteiger charge is -2.22. The Balaban J connectivity index is 1.45. The molecular weight excluding hydrogens is 352 g/mol. The van der Waals surface area contributed by atoms with Gasteiger partial charge in [-0.15, -0.1) is 10.2 Å². The topological polar surface area (TPSA) is 66.9 Å². The van der Waals surface area contributed by atoms with Crippen LogP contribution in [-0.2, 0) is 4.79 Å². The van der Waals surface area contributed by atoms with E-state index in [0.717, 1.165) is 21.7 Å². The first kappa shape index (κ1) is 18.2. The number of benzene rings is 1. The maximum absolute atomic E-state index is 12.3. The van der Waals surface area contributed by atoms with Crippen LogP contribution in [0.15, 0.2) is 34.7 Å². The van der Waals surface area contributed by atoms with Crippen LogP contribution in [0.4, 0.5) is 10.8 Å². The second-order valence-corrected chi connectivity index (χ2v) is 8.94. The molecule has 1 aliphatic rings. The number of para-hydroxylation sites is 1. The van der Waals surface area contributed by atoms with E-state index in [9.17, 15) is 4.79 Å². The molecule has 0 radical (unpaired) electrons. The van der Waals surface area contributed by atoms with Crippen molar-refractivity contribution in [1.29, 1.82) is 0 Å². The molecular formula is C18H24N4OS2. The van der Waals surface area contributed by atoms with Gasteiger partial charge in [-0.05, 0) is 37.8 Å². The fourth-order valence-corrected chi connectivity index (χ4v) is 4.88. The molecule has 1 fully saturated rings. The maximum atomic E-state index is 12.3. The Bertz CT molecular complexity index is 671. The summed E-state index contributed by atoms with van der Waals surface area (Å²) < 4.78 is 0.804. The second kappa shape index (κ2) is 9.20. The SMILES string of the molecule is CC(Sc1nnc(Nc2ccccc2)s1)C(=O)NCC1CCCCC1. The number of aromatic nitrogens is 2.